The zero-order valence-corrected chi connectivity index (χ0v) is 9.23. The highest BCUT2D eigenvalue weighted by Gasteiger charge is 1.91. The van der Waals surface area contributed by atoms with E-state index in [1.807, 2.05) is 43.3 Å². The van der Waals surface area contributed by atoms with Crippen LogP contribution in [0.5, 0.6) is 0 Å². The molecule has 1 aromatic rings. The van der Waals surface area contributed by atoms with Gasteiger partial charge in [-0.05, 0) is 25.5 Å². The Labute approximate surface area is 90.8 Å². The maximum atomic E-state index is 10.2. The summed E-state index contributed by atoms with van der Waals surface area (Å²) in [5.41, 5.74) is 11.7. The lowest BCUT2D eigenvalue weighted by Gasteiger charge is -1.88. The number of primary amides is 1. The second kappa shape index (κ2) is 7.62. The molecule has 0 aliphatic rings. The first-order valence-corrected chi connectivity index (χ1v) is 4.85. The van der Waals surface area contributed by atoms with E-state index in [2.05, 4.69) is 0 Å². The highest BCUT2D eigenvalue weighted by Crippen LogP contribution is 1.95. The molecule has 0 aliphatic carbocycles. The lowest BCUT2D eigenvalue weighted by atomic mass is 10.2. The molecule has 1 amide bonds. The predicted molar refractivity (Wildman–Crippen MR) is 64.1 cm³/mol. The Kier molecular flexibility index (Phi) is 6.72. The molecule has 0 spiro atoms. The molecule has 0 saturated heterocycles. The average Bonchev–Trinajstić information content (AvgIpc) is 2.20. The van der Waals surface area contributed by atoms with Crippen LogP contribution in [0.3, 0.4) is 0 Å². The van der Waals surface area contributed by atoms with E-state index in [0.29, 0.717) is 5.57 Å². The average molecular weight is 206 g/mol. The van der Waals surface area contributed by atoms with E-state index in [-0.39, 0.29) is 5.91 Å². The molecule has 0 atom stereocenters. The van der Waals surface area contributed by atoms with Crippen molar-refractivity contribution < 1.29 is 4.79 Å². The zero-order chi connectivity index (χ0) is 11.7. The number of hydrogen-bond acceptors (Lipinski definition) is 2. The fourth-order valence-electron chi connectivity index (χ4n) is 0.860. The molecule has 82 valence electrons. The van der Waals surface area contributed by atoms with Gasteiger partial charge < -0.3 is 11.5 Å². The van der Waals surface area contributed by atoms with Crippen LogP contribution >= 0.6 is 0 Å². The molecule has 15 heavy (non-hydrogen) atoms. The van der Waals surface area contributed by atoms with Gasteiger partial charge in [0.15, 0.2) is 0 Å². The first-order valence-electron chi connectivity index (χ1n) is 4.85. The Morgan fingerprint density at radius 3 is 2.07 bits per heavy atom. The smallest absolute Gasteiger partial charge is 0.244 e. The minimum absolute atomic E-state index is 0.327. The van der Waals surface area contributed by atoms with E-state index >= 15 is 0 Å². The molecule has 0 bridgehead atoms. The summed E-state index contributed by atoms with van der Waals surface area (Å²) in [6, 6.07) is 9.49. The van der Waals surface area contributed by atoms with E-state index in [9.17, 15) is 4.79 Å². The largest absolute Gasteiger partial charge is 0.399 e. The van der Waals surface area contributed by atoms with E-state index in [4.69, 9.17) is 11.5 Å². The number of nitrogens with two attached hydrogens (primary N) is 2. The van der Waals surface area contributed by atoms with Crippen LogP contribution in [0.15, 0.2) is 42.0 Å². The fraction of sp³-hybridized carbons (Fsp3) is 0.250. The van der Waals surface area contributed by atoms with Crippen LogP contribution in [-0.4, -0.2) is 5.91 Å². The van der Waals surface area contributed by atoms with Crippen molar-refractivity contribution in [2.45, 2.75) is 20.3 Å². The van der Waals surface area contributed by atoms with Gasteiger partial charge in [-0.2, -0.15) is 0 Å². The topological polar surface area (TPSA) is 69.1 Å². The van der Waals surface area contributed by atoms with Gasteiger partial charge in [0.1, 0.15) is 0 Å². The normalized spacial score (nSPS) is 10.1. The Morgan fingerprint density at radius 1 is 1.33 bits per heavy atom. The Morgan fingerprint density at radius 2 is 1.87 bits per heavy atom. The summed E-state index contributed by atoms with van der Waals surface area (Å²) < 4.78 is 0. The summed E-state index contributed by atoms with van der Waals surface area (Å²) in [5, 5.41) is 0. The van der Waals surface area contributed by atoms with Gasteiger partial charge >= 0.3 is 0 Å². The first-order chi connectivity index (χ1) is 7.07. The van der Waals surface area contributed by atoms with Crippen LogP contribution in [-0.2, 0) is 4.79 Å². The summed E-state index contributed by atoms with van der Waals surface area (Å²) in [7, 11) is 0. The Bertz CT molecular complexity index is 318. The number of carbonyl (C=O) groups is 1. The predicted octanol–water partition coefficient (Wildman–Crippen LogP) is 2.10. The lowest BCUT2D eigenvalue weighted by Crippen LogP contribution is -2.11. The van der Waals surface area contributed by atoms with Crippen molar-refractivity contribution in [2.75, 3.05) is 5.73 Å². The zero-order valence-electron chi connectivity index (χ0n) is 9.23. The van der Waals surface area contributed by atoms with E-state index in [1.165, 1.54) is 0 Å². The maximum Gasteiger partial charge on any atom is 0.244 e. The van der Waals surface area contributed by atoms with Crippen molar-refractivity contribution >= 4 is 11.6 Å². The fourth-order valence-corrected chi connectivity index (χ4v) is 0.860. The molecule has 1 aromatic carbocycles. The molecule has 0 heterocycles. The van der Waals surface area contributed by atoms with Crippen molar-refractivity contribution in [1.29, 1.82) is 0 Å². The molecule has 0 radical (unpaired) electrons. The second-order valence-corrected chi connectivity index (χ2v) is 3.07. The van der Waals surface area contributed by atoms with E-state index in [0.717, 1.165) is 12.1 Å². The summed E-state index contributed by atoms with van der Waals surface area (Å²) in [4.78, 5) is 10.2. The molecule has 3 heteroatoms. The molecule has 0 unspecified atom stereocenters. The number of carbonyl (C=O) groups excluding carboxylic acids is 1. The van der Waals surface area contributed by atoms with Crippen LogP contribution in [0.2, 0.25) is 0 Å². The van der Waals surface area contributed by atoms with Gasteiger partial charge in [-0.3, -0.25) is 4.79 Å². The maximum absolute atomic E-state index is 10.2. The van der Waals surface area contributed by atoms with Crippen LogP contribution in [0.1, 0.15) is 20.3 Å². The van der Waals surface area contributed by atoms with Gasteiger partial charge in [0, 0.05) is 11.3 Å². The third kappa shape index (κ3) is 7.31. The van der Waals surface area contributed by atoms with Crippen molar-refractivity contribution in [3.05, 3.63) is 42.0 Å². The van der Waals surface area contributed by atoms with Gasteiger partial charge in [-0.1, -0.05) is 31.2 Å². The molecule has 0 aliphatic heterocycles. The minimum Gasteiger partial charge on any atom is -0.399 e. The third-order valence-electron chi connectivity index (χ3n) is 1.70. The Hall–Kier alpha value is -1.77. The van der Waals surface area contributed by atoms with Crippen LogP contribution in [0.25, 0.3) is 0 Å². The number of benzene rings is 1. The van der Waals surface area contributed by atoms with Crippen LogP contribution < -0.4 is 11.5 Å². The number of anilines is 1. The number of allylic oxidation sites excluding steroid dienone is 1. The number of amides is 1. The van der Waals surface area contributed by atoms with E-state index < -0.39 is 0 Å². The second-order valence-electron chi connectivity index (χ2n) is 3.07. The van der Waals surface area contributed by atoms with Crippen molar-refractivity contribution in [3.63, 3.8) is 0 Å². The molecule has 0 saturated carbocycles. The molecule has 0 fully saturated rings. The first kappa shape index (κ1) is 13.2. The molecule has 3 nitrogen and oxygen atoms in total. The minimum atomic E-state index is -0.327. The summed E-state index contributed by atoms with van der Waals surface area (Å²) >= 11 is 0. The number of nitrogen functional groups attached to an aromatic ring is 1. The summed E-state index contributed by atoms with van der Waals surface area (Å²) in [5.74, 6) is -0.327. The van der Waals surface area contributed by atoms with Crippen molar-refractivity contribution in [1.82, 2.24) is 0 Å². The van der Waals surface area contributed by atoms with Crippen LogP contribution in [0, 0.1) is 0 Å². The summed E-state index contributed by atoms with van der Waals surface area (Å²) in [6.45, 7) is 3.68. The third-order valence-corrected chi connectivity index (χ3v) is 1.70. The Balaban J connectivity index is 0.000000262. The standard InChI is InChI=1S/C6H11NO.C6H7N/c1-3-4-5(2)6(7)8;7-6-4-2-1-3-5-6/h4H,3H2,1-2H3,(H2,7,8);1-5H,7H2. The van der Waals surface area contributed by atoms with E-state index in [1.54, 1.807) is 6.92 Å². The molecular formula is C12H18N2O. The van der Waals surface area contributed by atoms with Crippen LogP contribution in [0.4, 0.5) is 5.69 Å². The highest BCUT2D eigenvalue weighted by atomic mass is 16.1. The van der Waals surface area contributed by atoms with Crippen molar-refractivity contribution in [3.8, 4) is 0 Å². The molecule has 4 N–H and O–H groups in total. The summed E-state index contributed by atoms with van der Waals surface area (Å²) in [6.07, 6.45) is 2.68. The van der Waals surface area contributed by atoms with Gasteiger partial charge in [0.05, 0.1) is 0 Å². The highest BCUT2D eigenvalue weighted by molar-refractivity contribution is 5.91. The van der Waals surface area contributed by atoms with Gasteiger partial charge in [-0.25, -0.2) is 0 Å². The van der Waals surface area contributed by atoms with Gasteiger partial charge in [0.25, 0.3) is 0 Å². The molecular weight excluding hydrogens is 188 g/mol. The monoisotopic (exact) mass is 206 g/mol. The number of hydrogen-bond donors (Lipinski definition) is 2. The quantitative estimate of drug-likeness (QED) is 0.574. The lowest BCUT2D eigenvalue weighted by molar-refractivity contribution is -0.114. The number of rotatable bonds is 2. The van der Waals surface area contributed by atoms with Gasteiger partial charge in [0.2, 0.25) is 5.91 Å². The molecule has 0 aromatic heterocycles. The SMILES string of the molecule is CCC=C(C)C(N)=O.Nc1ccccc1. The number of para-hydroxylation sites is 1. The molecule has 1 rings (SSSR count). The van der Waals surface area contributed by atoms with Crippen molar-refractivity contribution in [2.24, 2.45) is 5.73 Å². The van der Waals surface area contributed by atoms with Gasteiger partial charge in [-0.15, -0.1) is 0 Å².